The molecule has 0 aromatic heterocycles. The zero-order valence-corrected chi connectivity index (χ0v) is 12.3. The lowest BCUT2D eigenvalue weighted by Crippen LogP contribution is -2.29. The second-order valence-electron chi connectivity index (χ2n) is 4.77. The van der Waals surface area contributed by atoms with Crippen LogP contribution in [0.2, 0.25) is 0 Å². The minimum absolute atomic E-state index is 0.281. The maximum atomic E-state index is 11.8. The third kappa shape index (κ3) is 3.26. The Morgan fingerprint density at radius 1 is 1.32 bits per heavy atom. The Morgan fingerprint density at radius 3 is 2.42 bits per heavy atom. The van der Waals surface area contributed by atoms with Crippen LogP contribution in [0.15, 0.2) is 12.1 Å². The Labute approximate surface area is 114 Å². The highest BCUT2D eigenvalue weighted by Gasteiger charge is 2.28. The van der Waals surface area contributed by atoms with Gasteiger partial charge >= 0.3 is 5.97 Å². The summed E-state index contributed by atoms with van der Waals surface area (Å²) < 4.78 is 10.2. The van der Waals surface area contributed by atoms with Gasteiger partial charge in [-0.3, -0.25) is 4.79 Å². The van der Waals surface area contributed by atoms with Gasteiger partial charge in [0.15, 0.2) is 0 Å². The van der Waals surface area contributed by atoms with Crippen LogP contribution in [0, 0.1) is 19.8 Å². The van der Waals surface area contributed by atoms with Crippen LogP contribution >= 0.6 is 0 Å². The molecule has 0 aliphatic heterocycles. The first-order valence-electron chi connectivity index (χ1n) is 6.44. The van der Waals surface area contributed by atoms with Crippen molar-refractivity contribution in [2.24, 2.45) is 11.7 Å². The molecule has 1 rings (SSSR count). The Hall–Kier alpha value is -1.55. The van der Waals surface area contributed by atoms with E-state index in [9.17, 15) is 4.79 Å². The summed E-state index contributed by atoms with van der Waals surface area (Å²) in [5.41, 5.74) is 9.24. The van der Waals surface area contributed by atoms with Gasteiger partial charge in [-0.1, -0.05) is 24.6 Å². The Morgan fingerprint density at radius 2 is 1.95 bits per heavy atom. The average molecular weight is 265 g/mol. The minimum Gasteiger partial charge on any atom is -0.496 e. The summed E-state index contributed by atoms with van der Waals surface area (Å²) in [4.78, 5) is 11.8. The third-order valence-electron chi connectivity index (χ3n) is 3.39. The monoisotopic (exact) mass is 265 g/mol. The van der Waals surface area contributed by atoms with Gasteiger partial charge in [0.2, 0.25) is 0 Å². The van der Waals surface area contributed by atoms with Crippen LogP contribution in [0.5, 0.6) is 5.75 Å². The fraction of sp³-hybridized carbons (Fsp3) is 0.533. The number of methoxy groups -OCH3 is 2. The van der Waals surface area contributed by atoms with Crippen molar-refractivity contribution in [3.8, 4) is 5.75 Å². The molecule has 0 heterocycles. The van der Waals surface area contributed by atoms with Crippen LogP contribution in [-0.4, -0.2) is 20.2 Å². The maximum absolute atomic E-state index is 11.8. The molecule has 2 unspecified atom stereocenters. The lowest BCUT2D eigenvalue weighted by atomic mass is 9.89. The SMILES string of the molecule is CCC(C(=O)OC)C(N)c1cc(C)cc(C)c1OC. The number of nitrogens with two attached hydrogens (primary N) is 1. The molecule has 106 valence electrons. The molecule has 0 amide bonds. The molecule has 2 N–H and O–H groups in total. The molecule has 1 aromatic rings. The van der Waals surface area contributed by atoms with E-state index >= 15 is 0 Å². The van der Waals surface area contributed by atoms with Gasteiger partial charge in [0.05, 0.1) is 20.1 Å². The molecule has 1 aromatic carbocycles. The predicted molar refractivity (Wildman–Crippen MR) is 75.2 cm³/mol. The van der Waals surface area contributed by atoms with E-state index in [1.165, 1.54) is 7.11 Å². The number of hydrogen-bond acceptors (Lipinski definition) is 4. The van der Waals surface area contributed by atoms with E-state index in [-0.39, 0.29) is 11.9 Å². The fourth-order valence-corrected chi connectivity index (χ4v) is 2.45. The van der Waals surface area contributed by atoms with E-state index in [0.29, 0.717) is 6.42 Å². The molecule has 19 heavy (non-hydrogen) atoms. The highest BCUT2D eigenvalue weighted by molar-refractivity contribution is 5.73. The van der Waals surface area contributed by atoms with Gasteiger partial charge < -0.3 is 15.2 Å². The van der Waals surface area contributed by atoms with Crippen LogP contribution in [0.3, 0.4) is 0 Å². The average Bonchev–Trinajstić information content (AvgIpc) is 2.38. The molecular formula is C15H23NO3. The molecule has 0 saturated carbocycles. The topological polar surface area (TPSA) is 61.5 Å². The van der Waals surface area contributed by atoms with E-state index in [1.807, 2.05) is 32.9 Å². The Balaban J connectivity index is 3.24. The number of carbonyl (C=O) groups is 1. The molecule has 4 nitrogen and oxygen atoms in total. The first-order valence-corrected chi connectivity index (χ1v) is 6.44. The van der Waals surface area contributed by atoms with Crippen LogP contribution in [0.4, 0.5) is 0 Å². The zero-order valence-electron chi connectivity index (χ0n) is 12.3. The molecule has 0 radical (unpaired) electrons. The molecule has 0 aliphatic rings. The third-order valence-corrected chi connectivity index (χ3v) is 3.39. The van der Waals surface area contributed by atoms with Crippen molar-refractivity contribution >= 4 is 5.97 Å². The first kappa shape index (κ1) is 15.5. The van der Waals surface area contributed by atoms with Gasteiger partial charge in [-0.15, -0.1) is 0 Å². The van der Waals surface area contributed by atoms with Crippen molar-refractivity contribution in [3.63, 3.8) is 0 Å². The largest absolute Gasteiger partial charge is 0.496 e. The van der Waals surface area contributed by atoms with E-state index in [0.717, 1.165) is 22.4 Å². The summed E-state index contributed by atoms with van der Waals surface area (Å²) in [6.45, 7) is 5.90. The molecule has 0 spiro atoms. The van der Waals surface area contributed by atoms with Gasteiger partial charge in [0.25, 0.3) is 0 Å². The van der Waals surface area contributed by atoms with Gasteiger partial charge in [-0.25, -0.2) is 0 Å². The number of ether oxygens (including phenoxy) is 2. The number of aryl methyl sites for hydroxylation is 2. The standard InChI is InChI=1S/C15H23NO3/c1-6-11(15(17)19-5)13(16)12-8-9(2)7-10(3)14(12)18-4/h7-8,11,13H,6,16H2,1-5H3. The van der Waals surface area contributed by atoms with Gasteiger partial charge in [-0.05, 0) is 25.8 Å². The minimum atomic E-state index is -0.425. The second kappa shape index (κ2) is 6.57. The highest BCUT2D eigenvalue weighted by Crippen LogP contribution is 2.34. The number of esters is 1. The van der Waals surface area contributed by atoms with Gasteiger partial charge in [0.1, 0.15) is 5.75 Å². The van der Waals surface area contributed by atoms with Crippen LogP contribution in [0.1, 0.15) is 36.1 Å². The number of hydrogen-bond donors (Lipinski definition) is 1. The second-order valence-corrected chi connectivity index (χ2v) is 4.77. The van der Waals surface area contributed by atoms with Crippen molar-refractivity contribution in [2.75, 3.05) is 14.2 Å². The smallest absolute Gasteiger partial charge is 0.310 e. The molecule has 0 fully saturated rings. The molecule has 0 aliphatic carbocycles. The van der Waals surface area contributed by atoms with E-state index in [2.05, 4.69) is 0 Å². The molecular weight excluding hydrogens is 242 g/mol. The quantitative estimate of drug-likeness (QED) is 0.831. The summed E-state index contributed by atoms with van der Waals surface area (Å²) in [7, 11) is 3.00. The molecule has 4 heteroatoms. The first-order chi connectivity index (χ1) is 8.96. The maximum Gasteiger partial charge on any atom is 0.310 e. The van der Waals surface area contributed by atoms with Crippen molar-refractivity contribution in [1.29, 1.82) is 0 Å². The van der Waals surface area contributed by atoms with Crippen LogP contribution in [0.25, 0.3) is 0 Å². The van der Waals surface area contributed by atoms with E-state index in [4.69, 9.17) is 15.2 Å². The lowest BCUT2D eigenvalue weighted by molar-refractivity contribution is -0.146. The normalized spacial score (nSPS) is 13.8. The summed E-state index contributed by atoms with van der Waals surface area (Å²) in [5, 5.41) is 0. The summed E-state index contributed by atoms with van der Waals surface area (Å²) in [6.07, 6.45) is 0.629. The highest BCUT2D eigenvalue weighted by atomic mass is 16.5. The van der Waals surface area contributed by atoms with Gasteiger partial charge in [-0.2, -0.15) is 0 Å². The van der Waals surface area contributed by atoms with Crippen molar-refractivity contribution in [2.45, 2.75) is 33.2 Å². The number of carbonyl (C=O) groups excluding carboxylic acids is 1. The van der Waals surface area contributed by atoms with Crippen LogP contribution < -0.4 is 10.5 Å². The van der Waals surface area contributed by atoms with Crippen molar-refractivity contribution in [1.82, 2.24) is 0 Å². The molecule has 0 bridgehead atoms. The van der Waals surface area contributed by atoms with Gasteiger partial charge in [0, 0.05) is 11.6 Å². The fourth-order valence-electron chi connectivity index (χ4n) is 2.45. The summed E-state index contributed by atoms with van der Waals surface area (Å²) in [5.74, 6) is 0.108. The zero-order chi connectivity index (χ0) is 14.6. The molecule has 0 saturated heterocycles. The predicted octanol–water partition coefficient (Wildman–Crippen LogP) is 2.51. The van der Waals surface area contributed by atoms with Crippen molar-refractivity contribution < 1.29 is 14.3 Å². The van der Waals surface area contributed by atoms with Crippen LogP contribution in [-0.2, 0) is 9.53 Å². The van der Waals surface area contributed by atoms with Crippen molar-refractivity contribution in [3.05, 3.63) is 28.8 Å². The molecule has 2 atom stereocenters. The number of benzene rings is 1. The van der Waals surface area contributed by atoms with E-state index < -0.39 is 6.04 Å². The summed E-state index contributed by atoms with van der Waals surface area (Å²) >= 11 is 0. The Kier molecular flexibility index (Phi) is 5.36. The lowest BCUT2D eigenvalue weighted by Gasteiger charge is -2.24. The number of rotatable bonds is 5. The summed E-state index contributed by atoms with van der Waals surface area (Å²) in [6, 6.07) is 3.59. The van der Waals surface area contributed by atoms with E-state index in [1.54, 1.807) is 7.11 Å². The Bertz CT molecular complexity index is 457.